The third-order valence-corrected chi connectivity index (χ3v) is 6.02. The Morgan fingerprint density at radius 1 is 1.31 bits per heavy atom. The highest BCUT2D eigenvalue weighted by Gasteiger charge is 2.28. The lowest BCUT2D eigenvalue weighted by Crippen LogP contribution is -2.20. The molecule has 6 heteroatoms. The van der Waals surface area contributed by atoms with E-state index in [0.29, 0.717) is 34.4 Å². The summed E-state index contributed by atoms with van der Waals surface area (Å²) in [5, 5.41) is 3.45. The van der Waals surface area contributed by atoms with Crippen LogP contribution in [0.3, 0.4) is 0 Å². The molecule has 0 saturated heterocycles. The average Bonchev–Trinajstić information content (AvgIpc) is 2.99. The molecule has 3 rings (SSSR count). The summed E-state index contributed by atoms with van der Waals surface area (Å²) in [6, 6.07) is 7.09. The van der Waals surface area contributed by atoms with E-state index in [1.807, 2.05) is 13.0 Å². The monoisotopic (exact) mass is 372 g/mol. The Morgan fingerprint density at radius 2 is 2.08 bits per heavy atom. The van der Waals surface area contributed by atoms with Gasteiger partial charge in [-0.25, -0.2) is 0 Å². The number of carbonyl (C=O) groups excluding carboxylic acids is 2. The van der Waals surface area contributed by atoms with Gasteiger partial charge in [0, 0.05) is 4.88 Å². The molecule has 1 aromatic heterocycles. The number of anilines is 1. The van der Waals surface area contributed by atoms with E-state index in [0.717, 1.165) is 31.2 Å². The molecule has 2 amide bonds. The van der Waals surface area contributed by atoms with Gasteiger partial charge in [-0.3, -0.25) is 9.59 Å². The second-order valence-corrected chi connectivity index (χ2v) is 7.58. The number of ether oxygens (including phenoxy) is 1. The molecule has 1 aliphatic carbocycles. The number of rotatable bonds is 6. The van der Waals surface area contributed by atoms with Gasteiger partial charge in [0.15, 0.2) is 0 Å². The number of hydrogen-bond donors (Lipinski definition) is 2. The normalized spacial score (nSPS) is 16.0. The Hall–Kier alpha value is -2.34. The highest BCUT2D eigenvalue weighted by molar-refractivity contribution is 7.17. The molecular formula is C20H24N2O3S. The van der Waals surface area contributed by atoms with Crippen molar-refractivity contribution < 1.29 is 14.3 Å². The van der Waals surface area contributed by atoms with Crippen molar-refractivity contribution in [2.24, 2.45) is 11.7 Å². The molecule has 1 atom stereocenters. The van der Waals surface area contributed by atoms with E-state index in [2.05, 4.69) is 12.2 Å². The fourth-order valence-corrected chi connectivity index (χ4v) is 4.82. The predicted molar refractivity (Wildman–Crippen MR) is 104 cm³/mol. The number of para-hydroxylation sites is 1. The number of carbonyl (C=O) groups is 2. The molecule has 26 heavy (non-hydrogen) atoms. The van der Waals surface area contributed by atoms with Crippen molar-refractivity contribution in [2.75, 3.05) is 11.9 Å². The highest BCUT2D eigenvalue weighted by Crippen LogP contribution is 2.40. The van der Waals surface area contributed by atoms with E-state index >= 15 is 0 Å². The zero-order chi connectivity index (χ0) is 18.7. The van der Waals surface area contributed by atoms with Gasteiger partial charge in [-0.05, 0) is 49.8 Å². The Balaban J connectivity index is 1.92. The summed E-state index contributed by atoms with van der Waals surface area (Å²) in [5.74, 6) is 0.387. The van der Waals surface area contributed by atoms with Gasteiger partial charge in [0.1, 0.15) is 10.8 Å². The fourth-order valence-electron chi connectivity index (χ4n) is 3.46. The lowest BCUT2D eigenvalue weighted by atomic mass is 9.85. The summed E-state index contributed by atoms with van der Waals surface area (Å²) < 4.78 is 5.53. The number of fused-ring (bicyclic) bond motifs is 1. The van der Waals surface area contributed by atoms with Gasteiger partial charge in [0.2, 0.25) is 0 Å². The van der Waals surface area contributed by atoms with Gasteiger partial charge >= 0.3 is 0 Å². The van der Waals surface area contributed by atoms with Crippen LogP contribution in [0.25, 0.3) is 0 Å². The zero-order valence-corrected chi connectivity index (χ0v) is 15.9. The Labute approximate surface area is 157 Å². The molecule has 138 valence electrons. The van der Waals surface area contributed by atoms with Gasteiger partial charge in [0.05, 0.1) is 17.7 Å². The van der Waals surface area contributed by atoms with Crippen LogP contribution in [0.1, 0.15) is 57.8 Å². The number of nitrogens with one attached hydrogen (secondary N) is 1. The number of benzene rings is 1. The van der Waals surface area contributed by atoms with E-state index in [1.165, 1.54) is 16.2 Å². The molecule has 0 saturated carbocycles. The van der Waals surface area contributed by atoms with Crippen LogP contribution in [0.4, 0.5) is 5.00 Å². The molecule has 1 unspecified atom stereocenters. The molecule has 0 radical (unpaired) electrons. The van der Waals surface area contributed by atoms with Crippen molar-refractivity contribution in [3.05, 3.63) is 45.8 Å². The van der Waals surface area contributed by atoms with Crippen LogP contribution >= 0.6 is 11.3 Å². The minimum Gasteiger partial charge on any atom is -0.493 e. The molecule has 1 aliphatic rings. The number of amides is 2. The summed E-state index contributed by atoms with van der Waals surface area (Å²) in [4.78, 5) is 26.0. The maximum Gasteiger partial charge on any atom is 0.260 e. The third-order valence-electron chi connectivity index (χ3n) is 4.85. The second kappa shape index (κ2) is 7.91. The largest absolute Gasteiger partial charge is 0.493 e. The molecule has 1 heterocycles. The molecule has 1 aromatic carbocycles. The van der Waals surface area contributed by atoms with Crippen LogP contribution in [0.2, 0.25) is 0 Å². The smallest absolute Gasteiger partial charge is 0.260 e. The first-order chi connectivity index (χ1) is 12.5. The maximum atomic E-state index is 12.8. The van der Waals surface area contributed by atoms with E-state index in [1.54, 1.807) is 18.2 Å². The molecular weight excluding hydrogens is 348 g/mol. The molecule has 0 bridgehead atoms. The number of hydrogen-bond acceptors (Lipinski definition) is 4. The van der Waals surface area contributed by atoms with Crippen LogP contribution < -0.4 is 15.8 Å². The van der Waals surface area contributed by atoms with Crippen LogP contribution in [0.5, 0.6) is 5.75 Å². The summed E-state index contributed by atoms with van der Waals surface area (Å²) in [5.41, 5.74) is 7.57. The van der Waals surface area contributed by atoms with Crippen molar-refractivity contribution in [2.45, 2.75) is 39.5 Å². The van der Waals surface area contributed by atoms with Crippen LogP contribution in [0, 0.1) is 5.92 Å². The third kappa shape index (κ3) is 3.60. The molecule has 0 spiro atoms. The molecule has 5 nitrogen and oxygen atoms in total. The first-order valence-corrected chi connectivity index (χ1v) is 9.84. The Bertz CT molecular complexity index is 828. The summed E-state index contributed by atoms with van der Waals surface area (Å²) in [6.45, 7) is 4.53. The quantitative estimate of drug-likeness (QED) is 0.804. The summed E-state index contributed by atoms with van der Waals surface area (Å²) >= 11 is 1.48. The van der Waals surface area contributed by atoms with Gasteiger partial charge < -0.3 is 15.8 Å². The Kier molecular flexibility index (Phi) is 5.61. The highest BCUT2D eigenvalue weighted by atomic mass is 32.1. The van der Waals surface area contributed by atoms with E-state index in [9.17, 15) is 9.59 Å². The predicted octanol–water partition coefficient (Wildman–Crippen LogP) is 4.01. The first kappa shape index (κ1) is 18.5. The minimum absolute atomic E-state index is 0.290. The van der Waals surface area contributed by atoms with Crippen LogP contribution in [0.15, 0.2) is 24.3 Å². The number of thiophene rings is 1. The van der Waals surface area contributed by atoms with Crippen LogP contribution in [-0.4, -0.2) is 18.4 Å². The van der Waals surface area contributed by atoms with Gasteiger partial charge in [0.25, 0.3) is 11.8 Å². The summed E-state index contributed by atoms with van der Waals surface area (Å²) in [7, 11) is 0. The fraction of sp³-hybridized carbons (Fsp3) is 0.400. The van der Waals surface area contributed by atoms with E-state index < -0.39 is 5.91 Å². The maximum absolute atomic E-state index is 12.8. The molecule has 2 aromatic rings. The second-order valence-electron chi connectivity index (χ2n) is 6.47. The minimum atomic E-state index is -0.481. The molecule has 0 fully saturated rings. The topological polar surface area (TPSA) is 81.4 Å². The van der Waals surface area contributed by atoms with Crippen molar-refractivity contribution in [3.63, 3.8) is 0 Å². The number of nitrogens with two attached hydrogens (primary N) is 1. The standard InChI is InChI=1S/C20H24N2O3S/c1-3-12-9-10-14-16(11-12)26-20(17(14)18(21)23)22-19(24)13-7-5-6-8-15(13)25-4-2/h5-8,12H,3-4,9-11H2,1-2H3,(H2,21,23)(H,22,24). The molecule has 0 aliphatic heterocycles. The molecule has 3 N–H and O–H groups in total. The van der Waals surface area contributed by atoms with Crippen molar-refractivity contribution >= 4 is 28.2 Å². The lowest BCUT2D eigenvalue weighted by Gasteiger charge is -2.20. The van der Waals surface area contributed by atoms with E-state index in [4.69, 9.17) is 10.5 Å². The summed E-state index contributed by atoms with van der Waals surface area (Å²) in [6.07, 6.45) is 3.96. The number of primary amides is 1. The average molecular weight is 372 g/mol. The van der Waals surface area contributed by atoms with Gasteiger partial charge in [-0.1, -0.05) is 25.5 Å². The Morgan fingerprint density at radius 3 is 2.77 bits per heavy atom. The zero-order valence-electron chi connectivity index (χ0n) is 15.1. The van der Waals surface area contributed by atoms with Crippen molar-refractivity contribution in [1.82, 2.24) is 0 Å². The van der Waals surface area contributed by atoms with Crippen molar-refractivity contribution in [3.8, 4) is 5.75 Å². The van der Waals surface area contributed by atoms with Crippen LogP contribution in [-0.2, 0) is 12.8 Å². The van der Waals surface area contributed by atoms with Crippen molar-refractivity contribution in [1.29, 1.82) is 0 Å². The first-order valence-electron chi connectivity index (χ1n) is 9.02. The van der Waals surface area contributed by atoms with Gasteiger partial charge in [-0.2, -0.15) is 0 Å². The SMILES string of the molecule is CCOc1ccccc1C(=O)Nc1sc2c(c1C(N)=O)CCC(CC)C2. The van der Waals surface area contributed by atoms with E-state index in [-0.39, 0.29) is 5.91 Å². The van der Waals surface area contributed by atoms with Gasteiger partial charge in [-0.15, -0.1) is 11.3 Å². The lowest BCUT2D eigenvalue weighted by molar-refractivity contribution is 0.1000.